The minimum absolute atomic E-state index is 0. The fourth-order valence-corrected chi connectivity index (χ4v) is 30.0. The maximum Gasteiger partial charge on any atom is 1.00 e. The standard InChI is InChI=1S/2C29H16.C28H28P2.C25H22P2.4Au/c2*1-3-21-15-17-25-26-18-16-22(4-2)20-28(26)29(27(25)19-21,23-11-7-5-8-12-23)24-13-9-6-10-14-24;1-5-15-25(16-6-1)29(26-17-7-2-8-18-26)23-13-14-24-30(27-19-9-3-10-20-27)28-21-11-4-12-22-28;1-5-13-22(14-6-1)26(23-15-7-2-8-16-23)21-27(24-17-9-3-10-18-24)25-19-11-4-12-20-25;;;;/h2*5-20H;1-12,15-22H,13-14,23-24H2;1-20H,21H2;;;;/q2*-2;;;4*+1/p+4. The van der Waals surface area contributed by atoms with Gasteiger partial charge in [0.1, 0.15) is 37.1 Å². The van der Waals surface area contributed by atoms with Gasteiger partial charge in [-0.25, -0.2) is 0 Å². The van der Waals surface area contributed by atoms with Crippen LogP contribution in [0, 0.1) is 49.4 Å². The van der Waals surface area contributed by atoms with Crippen LogP contribution in [-0.2, 0) is 100 Å². The maximum atomic E-state index is 7.69. The summed E-state index contributed by atoms with van der Waals surface area (Å²) in [6.45, 7) is 0. The molecule has 0 bridgehead atoms. The summed E-state index contributed by atoms with van der Waals surface area (Å²) in [5.74, 6) is 11.5. The van der Waals surface area contributed by atoms with Gasteiger partial charge >= 0.3 is 89.5 Å². The van der Waals surface area contributed by atoms with Crippen molar-refractivity contribution in [2.75, 3.05) is 18.2 Å². The van der Waals surface area contributed by atoms with Gasteiger partial charge in [0.2, 0.25) is 0 Å². The van der Waals surface area contributed by atoms with E-state index in [-0.39, 0.29) is 89.5 Å². The van der Waals surface area contributed by atoms with Gasteiger partial charge in [-0.15, -0.1) is 70.8 Å². The monoisotopic (exact) mass is 2330 g/mol. The molecular formula is C111H86Au4P4+4. The quantitative estimate of drug-likeness (QED) is 0.0249. The van der Waals surface area contributed by atoms with Crippen molar-refractivity contribution in [1.82, 2.24) is 0 Å². The van der Waals surface area contributed by atoms with E-state index in [4.69, 9.17) is 25.7 Å². The number of fused-ring (bicyclic) bond motifs is 6. The van der Waals surface area contributed by atoms with Crippen LogP contribution < -0.4 is 42.4 Å². The first-order chi connectivity index (χ1) is 56.9. The van der Waals surface area contributed by atoms with Crippen LogP contribution >= 0.6 is 31.7 Å². The molecule has 0 N–H and O–H groups in total. The molecule has 18 rings (SSSR count). The largest absolute Gasteiger partial charge is 1.00 e. The van der Waals surface area contributed by atoms with Crippen LogP contribution in [0.15, 0.2) is 437 Å². The van der Waals surface area contributed by atoms with Gasteiger partial charge < -0.3 is 25.7 Å². The molecule has 0 saturated heterocycles. The second kappa shape index (κ2) is 44.6. The molecule has 0 radical (unpaired) electrons. The Morgan fingerprint density at radius 2 is 0.353 bits per heavy atom. The predicted molar refractivity (Wildman–Crippen MR) is 498 cm³/mol. The van der Waals surface area contributed by atoms with Gasteiger partial charge in [0.15, 0.2) is 5.90 Å². The van der Waals surface area contributed by atoms with Crippen molar-refractivity contribution in [2.45, 2.75) is 23.7 Å². The molecule has 2 aliphatic rings. The number of hydrogen-bond acceptors (Lipinski definition) is 0. The molecule has 0 heterocycles. The van der Waals surface area contributed by atoms with Crippen LogP contribution in [0.25, 0.3) is 22.3 Å². The molecular weight excluding hydrogens is 2240 g/mol. The maximum absolute atomic E-state index is 7.69. The van der Waals surface area contributed by atoms with E-state index in [9.17, 15) is 0 Å². The predicted octanol–water partition coefficient (Wildman–Crippen LogP) is 22.0. The number of rotatable bonds is 19. The second-order valence-corrected chi connectivity index (χ2v) is 39.6. The van der Waals surface area contributed by atoms with Gasteiger partial charge in [-0.3, -0.25) is 23.7 Å². The summed E-state index contributed by atoms with van der Waals surface area (Å²) in [5, 5.41) is 12.1. The summed E-state index contributed by atoms with van der Waals surface area (Å²) in [5.41, 5.74) is 15.8. The molecule has 0 aliphatic heterocycles. The molecule has 0 fully saturated rings. The Morgan fingerprint density at radius 3 is 0.521 bits per heavy atom. The smallest absolute Gasteiger partial charge is 0.366 e. The average molecular weight is 2330 g/mol. The molecule has 0 unspecified atom stereocenters. The summed E-state index contributed by atoms with van der Waals surface area (Å²) in [6, 6.07) is 155. The SMILES string of the molecule is [Au+].[Au+].[Au+].[Au+].[C-]#Cc1ccc2c(c1)C(c1ccccc1)(c1ccccc1)c1cc(C#[C-])ccc1-2.[C-]#Cc1ccc2c(c1)C(c1ccccc1)(c1ccccc1)c1cc(C#[C-])ccc1-2.c1ccc([PH+](CCCC[PH+](c2ccccc2)c2ccccc2)c2ccccc2)cc1.c1ccc([PH+](C[PH+](c2ccccc2)c2ccccc2)c2ccccc2)cc1. The Kier molecular flexibility index (Phi) is 33.8. The van der Waals surface area contributed by atoms with E-state index < -0.39 is 42.5 Å². The average Bonchev–Trinajstić information content (AvgIpc) is 1.55. The van der Waals surface area contributed by atoms with Crippen LogP contribution in [0.5, 0.6) is 0 Å². The van der Waals surface area contributed by atoms with Gasteiger partial charge in [0.25, 0.3) is 0 Å². The van der Waals surface area contributed by atoms with Crippen molar-refractivity contribution < 1.29 is 89.5 Å². The minimum Gasteiger partial charge on any atom is -0.366 e. The summed E-state index contributed by atoms with van der Waals surface area (Å²) in [7, 11) is -3.12. The minimum atomic E-state index is -0.847. The molecule has 0 saturated carbocycles. The second-order valence-electron chi connectivity index (χ2n) is 28.7. The van der Waals surface area contributed by atoms with Gasteiger partial charge in [-0.2, -0.15) is 0 Å². The third-order valence-electron chi connectivity index (χ3n) is 22.1. The molecule has 0 nitrogen and oxygen atoms in total. The van der Waals surface area contributed by atoms with Crippen molar-refractivity contribution in [3.63, 3.8) is 0 Å². The van der Waals surface area contributed by atoms with Crippen LogP contribution in [0.3, 0.4) is 0 Å². The summed E-state index contributed by atoms with van der Waals surface area (Å²) < 4.78 is 0. The van der Waals surface area contributed by atoms with E-state index in [2.05, 4.69) is 412 Å². The molecule has 119 heavy (non-hydrogen) atoms. The van der Waals surface area contributed by atoms with Gasteiger partial charge in [-0.05, 0) is 177 Å². The Labute approximate surface area is 772 Å². The Balaban J connectivity index is 0.000000154. The molecule has 0 amide bonds. The summed E-state index contributed by atoms with van der Waals surface area (Å²) in [4.78, 5) is 0. The van der Waals surface area contributed by atoms with Crippen LogP contribution in [0.4, 0.5) is 0 Å². The molecule has 16 aromatic carbocycles. The zero-order chi connectivity index (χ0) is 78.4. The molecule has 2 aliphatic carbocycles. The van der Waals surface area contributed by atoms with Gasteiger partial charge in [0.05, 0.1) is 60.2 Å². The number of benzene rings is 16. The van der Waals surface area contributed by atoms with E-state index in [0.717, 1.165) is 89.0 Å². The molecule has 16 aromatic rings. The third kappa shape index (κ3) is 20.4. The summed E-state index contributed by atoms with van der Waals surface area (Å²) >= 11 is 0. The van der Waals surface area contributed by atoms with E-state index in [1.165, 1.54) is 73.5 Å². The van der Waals surface area contributed by atoms with E-state index >= 15 is 0 Å². The Hall–Kier alpha value is -9.56. The molecule has 0 atom stereocenters. The molecule has 590 valence electrons. The van der Waals surface area contributed by atoms with Crippen LogP contribution in [-0.4, -0.2) is 18.2 Å². The van der Waals surface area contributed by atoms with Crippen LogP contribution in [0.2, 0.25) is 0 Å². The molecule has 8 heteroatoms. The van der Waals surface area contributed by atoms with E-state index in [1.807, 2.05) is 48.5 Å². The Bertz CT molecular complexity index is 5300. The van der Waals surface area contributed by atoms with E-state index in [1.54, 1.807) is 0 Å². The van der Waals surface area contributed by atoms with Gasteiger partial charge in [-0.1, -0.05) is 291 Å². The molecule has 0 spiro atoms. The molecule has 0 aromatic heterocycles. The third-order valence-corrected chi connectivity index (χ3v) is 34.9. The number of unbranched alkanes of at least 4 members (excludes halogenated alkanes) is 1. The fraction of sp³-hybridized carbons (Fsp3) is 0.0631. The van der Waals surface area contributed by atoms with Gasteiger partial charge in [0, 0.05) is 0 Å². The number of hydrogen-bond donors (Lipinski definition) is 0. The summed E-state index contributed by atoms with van der Waals surface area (Å²) in [6.07, 6.45) is 35.9. The van der Waals surface area contributed by atoms with Crippen molar-refractivity contribution in [3.05, 3.63) is 529 Å². The van der Waals surface area contributed by atoms with Crippen molar-refractivity contribution >= 4 is 74.1 Å². The fourth-order valence-electron chi connectivity index (χ4n) is 16.8. The van der Waals surface area contributed by atoms with E-state index in [0.29, 0.717) is 0 Å². The Morgan fingerprint density at radius 1 is 0.193 bits per heavy atom. The van der Waals surface area contributed by atoms with Crippen LogP contribution in [0.1, 0.15) is 79.6 Å². The zero-order valence-electron chi connectivity index (χ0n) is 65.3. The van der Waals surface area contributed by atoms with Crippen molar-refractivity contribution in [1.29, 1.82) is 0 Å². The first-order valence-electron chi connectivity index (χ1n) is 39.3. The first kappa shape index (κ1) is 90.2. The normalized spacial score (nSPS) is 11.7. The van der Waals surface area contributed by atoms with Crippen molar-refractivity contribution in [2.24, 2.45) is 0 Å². The topological polar surface area (TPSA) is 0 Å². The van der Waals surface area contributed by atoms with Crippen molar-refractivity contribution in [3.8, 4) is 45.9 Å². The zero-order valence-corrected chi connectivity index (χ0v) is 78.0. The first-order valence-corrected chi connectivity index (χ1v) is 46.1.